The molecule has 0 unspecified atom stereocenters. The maximum atomic E-state index is 12.8. The predicted octanol–water partition coefficient (Wildman–Crippen LogP) is 9.47. The summed E-state index contributed by atoms with van der Waals surface area (Å²) in [6, 6.07) is 19.0. The van der Waals surface area contributed by atoms with E-state index in [-0.39, 0.29) is 44.6 Å². The molecule has 5 N–H and O–H groups in total. The molecule has 2 aromatic heterocycles. The number of halogens is 8. The number of aryl methyl sites for hydroxylation is 2. The molecule has 5 aromatic rings. The van der Waals surface area contributed by atoms with Crippen molar-refractivity contribution in [3.05, 3.63) is 134 Å². The van der Waals surface area contributed by atoms with Crippen molar-refractivity contribution in [2.75, 3.05) is 28.8 Å². The Morgan fingerprint density at radius 2 is 1.09 bits per heavy atom. The molecule has 0 saturated heterocycles. The number of ether oxygens (including phenoxy) is 1. The van der Waals surface area contributed by atoms with Crippen LogP contribution in [0.5, 0.6) is 5.75 Å². The van der Waals surface area contributed by atoms with Gasteiger partial charge in [0, 0.05) is 16.9 Å². The Balaban J connectivity index is 0.000000258. The summed E-state index contributed by atoms with van der Waals surface area (Å²) in [4.78, 5) is 44.0. The van der Waals surface area contributed by atoms with Crippen LogP contribution < -0.4 is 26.4 Å². The Labute approximate surface area is 313 Å². The van der Waals surface area contributed by atoms with Gasteiger partial charge in [-0.3, -0.25) is 14.4 Å². The van der Waals surface area contributed by atoms with Crippen LogP contribution in [-0.4, -0.2) is 34.8 Å². The molecule has 10 nitrogen and oxygen atoms in total. The van der Waals surface area contributed by atoms with Crippen molar-refractivity contribution < 1.29 is 45.5 Å². The molecule has 18 heteroatoms. The number of alkyl halides is 6. The maximum Gasteiger partial charge on any atom is 0.433 e. The molecular formula is C36H28Cl2F6N6O4. The predicted molar refractivity (Wildman–Crippen MR) is 192 cm³/mol. The minimum atomic E-state index is -4.60. The highest BCUT2D eigenvalue weighted by atomic mass is 35.5. The molecule has 0 spiro atoms. The van der Waals surface area contributed by atoms with E-state index in [0.29, 0.717) is 22.0 Å². The summed E-state index contributed by atoms with van der Waals surface area (Å²) in [6.45, 7) is 2.65. The molecule has 0 bridgehead atoms. The lowest BCUT2D eigenvalue weighted by Crippen LogP contribution is -2.17. The first-order valence-electron chi connectivity index (χ1n) is 15.3. The number of amides is 3. The summed E-state index contributed by atoms with van der Waals surface area (Å²) in [5.74, 6) is -1.07. The Morgan fingerprint density at radius 3 is 1.52 bits per heavy atom. The summed E-state index contributed by atoms with van der Waals surface area (Å²) < 4.78 is 81.0. The van der Waals surface area contributed by atoms with Crippen molar-refractivity contribution in [1.82, 2.24) is 9.97 Å². The van der Waals surface area contributed by atoms with Gasteiger partial charge in [0.25, 0.3) is 17.7 Å². The Morgan fingerprint density at radius 1 is 0.630 bits per heavy atom. The van der Waals surface area contributed by atoms with Crippen LogP contribution in [0.15, 0.2) is 84.9 Å². The second-order valence-electron chi connectivity index (χ2n) is 11.2. The Kier molecular flexibility index (Phi) is 12.8. The third-order valence-electron chi connectivity index (χ3n) is 7.32. The van der Waals surface area contributed by atoms with Crippen LogP contribution in [0.3, 0.4) is 0 Å². The third-order valence-corrected chi connectivity index (χ3v) is 7.99. The molecule has 0 radical (unpaired) electrons. The second kappa shape index (κ2) is 16.9. The van der Waals surface area contributed by atoms with Crippen molar-refractivity contribution in [3.63, 3.8) is 0 Å². The van der Waals surface area contributed by atoms with Gasteiger partial charge >= 0.3 is 12.4 Å². The fourth-order valence-corrected chi connectivity index (χ4v) is 4.85. The van der Waals surface area contributed by atoms with E-state index in [1.807, 2.05) is 0 Å². The van der Waals surface area contributed by atoms with Crippen molar-refractivity contribution in [3.8, 4) is 5.75 Å². The zero-order valence-electron chi connectivity index (χ0n) is 28.2. The number of methoxy groups -OCH3 is 1. The number of anilines is 4. The van der Waals surface area contributed by atoms with Gasteiger partial charge in [-0.05, 0) is 98.8 Å². The van der Waals surface area contributed by atoms with Crippen LogP contribution in [-0.2, 0) is 12.4 Å². The van der Waals surface area contributed by atoms with E-state index in [9.17, 15) is 40.7 Å². The van der Waals surface area contributed by atoms with Crippen LogP contribution in [0.2, 0.25) is 10.0 Å². The lowest BCUT2D eigenvalue weighted by Gasteiger charge is -2.13. The summed E-state index contributed by atoms with van der Waals surface area (Å²) in [5.41, 5.74) is 4.97. The standard InChI is InChI=1S/C22H17ClF3N3O3.C14H11ClF3N3O/c1-12-16(8-10-19(27-12)22(24,25)26)21(31)28-14-5-9-17(23)18(11-14)29-20(30)13-3-6-15(32-2)7-4-13;1-7-9(3-5-12(20-7)14(16,17)18)13(22)21-8-2-4-10(15)11(19)6-8/h3-11H,1-2H3,(H,28,31)(H,29,30);2-6H,19H2,1H3,(H,21,22). The summed E-state index contributed by atoms with van der Waals surface area (Å²) in [5, 5.41) is 8.32. The lowest BCUT2D eigenvalue weighted by atomic mass is 10.1. The average Bonchev–Trinajstić information content (AvgIpc) is 3.10. The van der Waals surface area contributed by atoms with Crippen molar-refractivity contribution in [2.45, 2.75) is 26.2 Å². The average molecular weight is 794 g/mol. The molecular weight excluding hydrogens is 765 g/mol. The van der Waals surface area contributed by atoms with Gasteiger partial charge in [0.15, 0.2) is 0 Å². The molecule has 0 aliphatic heterocycles. The van der Waals surface area contributed by atoms with Crippen LogP contribution >= 0.6 is 23.2 Å². The summed E-state index contributed by atoms with van der Waals surface area (Å²) >= 11 is 11.9. The number of nitrogen functional groups attached to an aromatic ring is 1. The quantitative estimate of drug-likeness (QED) is 0.0948. The molecule has 54 heavy (non-hydrogen) atoms. The molecule has 3 amide bonds. The smallest absolute Gasteiger partial charge is 0.433 e. The largest absolute Gasteiger partial charge is 0.497 e. The van der Waals surface area contributed by atoms with Crippen LogP contribution in [0.25, 0.3) is 0 Å². The number of pyridine rings is 2. The number of benzene rings is 3. The molecule has 282 valence electrons. The highest BCUT2D eigenvalue weighted by Crippen LogP contribution is 2.31. The first-order valence-corrected chi connectivity index (χ1v) is 16.0. The molecule has 5 rings (SSSR count). The first-order chi connectivity index (χ1) is 25.3. The normalized spacial score (nSPS) is 11.2. The van der Waals surface area contributed by atoms with Gasteiger partial charge in [0.1, 0.15) is 17.1 Å². The fraction of sp³-hybridized carbons (Fsp3) is 0.139. The number of carbonyl (C=O) groups is 3. The molecule has 2 heterocycles. The monoisotopic (exact) mass is 792 g/mol. The van der Waals surface area contributed by atoms with Gasteiger partial charge in [0.05, 0.1) is 51.0 Å². The van der Waals surface area contributed by atoms with E-state index in [2.05, 4.69) is 25.9 Å². The topological polar surface area (TPSA) is 148 Å². The minimum Gasteiger partial charge on any atom is -0.497 e. The molecule has 0 fully saturated rings. The number of rotatable bonds is 7. The lowest BCUT2D eigenvalue weighted by molar-refractivity contribution is -0.142. The van der Waals surface area contributed by atoms with Crippen LogP contribution in [0, 0.1) is 13.8 Å². The number of aromatic nitrogens is 2. The van der Waals surface area contributed by atoms with E-state index >= 15 is 0 Å². The van der Waals surface area contributed by atoms with Gasteiger partial charge in [0.2, 0.25) is 0 Å². The number of nitrogens with one attached hydrogen (secondary N) is 3. The van der Waals surface area contributed by atoms with Crippen molar-refractivity contribution in [2.24, 2.45) is 0 Å². The minimum absolute atomic E-state index is 0.0169. The second-order valence-corrected chi connectivity index (χ2v) is 12.0. The summed E-state index contributed by atoms with van der Waals surface area (Å²) in [6.07, 6.45) is -9.16. The van der Waals surface area contributed by atoms with E-state index in [1.165, 1.54) is 57.4 Å². The molecule has 0 aliphatic rings. The van der Waals surface area contributed by atoms with E-state index < -0.39 is 41.5 Å². The first kappa shape index (κ1) is 40.9. The zero-order valence-corrected chi connectivity index (χ0v) is 29.7. The van der Waals surface area contributed by atoms with Gasteiger partial charge in [-0.25, -0.2) is 9.97 Å². The van der Waals surface area contributed by atoms with Gasteiger partial charge in [-0.1, -0.05) is 23.2 Å². The number of nitrogens with two attached hydrogens (primary N) is 1. The number of hydrogen-bond donors (Lipinski definition) is 4. The van der Waals surface area contributed by atoms with E-state index in [1.54, 1.807) is 24.3 Å². The van der Waals surface area contributed by atoms with Crippen molar-refractivity contribution in [1.29, 1.82) is 0 Å². The van der Waals surface area contributed by atoms with Gasteiger partial charge in [-0.2, -0.15) is 26.3 Å². The fourth-order valence-electron chi connectivity index (χ4n) is 4.57. The third kappa shape index (κ3) is 10.6. The highest BCUT2D eigenvalue weighted by Gasteiger charge is 2.34. The molecule has 0 saturated carbocycles. The molecule has 3 aromatic carbocycles. The molecule has 0 aliphatic carbocycles. The van der Waals surface area contributed by atoms with Crippen molar-refractivity contribution >= 4 is 63.7 Å². The Hall–Kier alpha value is -5.87. The van der Waals surface area contributed by atoms with Gasteiger partial charge in [-0.15, -0.1) is 0 Å². The van der Waals surface area contributed by atoms with Crippen LogP contribution in [0.1, 0.15) is 53.8 Å². The summed E-state index contributed by atoms with van der Waals surface area (Å²) in [7, 11) is 1.51. The number of carbonyl (C=O) groups excluding carboxylic acids is 3. The van der Waals surface area contributed by atoms with Gasteiger partial charge < -0.3 is 26.4 Å². The maximum absolute atomic E-state index is 12.8. The van der Waals surface area contributed by atoms with E-state index in [4.69, 9.17) is 33.7 Å². The zero-order chi connectivity index (χ0) is 40.0. The number of hydrogen-bond acceptors (Lipinski definition) is 7. The molecule has 0 atom stereocenters. The highest BCUT2D eigenvalue weighted by molar-refractivity contribution is 6.34. The van der Waals surface area contributed by atoms with E-state index in [0.717, 1.165) is 24.3 Å². The SMILES string of the molecule is COc1ccc(C(=O)Nc2cc(NC(=O)c3ccc(C(F)(F)F)nc3C)ccc2Cl)cc1.Cc1nc(C(F)(F)F)ccc1C(=O)Nc1ccc(Cl)c(N)c1. The van der Waals surface area contributed by atoms with Crippen LogP contribution in [0.4, 0.5) is 49.1 Å². The number of nitrogens with zero attached hydrogens (tertiary/aromatic N) is 2. The Bertz CT molecular complexity index is 2200.